The number of nitrogens with one attached hydrogen (secondary N) is 3. The molecule has 0 radical (unpaired) electrons. The highest BCUT2D eigenvalue weighted by Gasteiger charge is 2.63. The van der Waals surface area contributed by atoms with Crippen LogP contribution >= 0.6 is 0 Å². The largest absolute Gasteiger partial charge is 0.467 e. The Morgan fingerprint density at radius 2 is 0.784 bits per heavy atom. The van der Waals surface area contributed by atoms with Gasteiger partial charge in [-0.3, -0.25) is 38.1 Å². The van der Waals surface area contributed by atoms with E-state index in [1.54, 1.807) is 30.3 Å². The summed E-state index contributed by atoms with van der Waals surface area (Å²) >= 11 is 0. The molecule has 4 heterocycles. The Hall–Kier alpha value is -10.7. The van der Waals surface area contributed by atoms with Gasteiger partial charge in [-0.05, 0) is 42.0 Å². The van der Waals surface area contributed by atoms with E-state index in [0.29, 0.717) is 5.56 Å². The maximum Gasteiger partial charge on any atom is 0.407 e. The summed E-state index contributed by atoms with van der Waals surface area (Å²) in [5.41, 5.74) is -0.0785. The quantitative estimate of drug-likeness (QED) is 0.0237. The molecule has 602 valence electrons. The summed E-state index contributed by atoms with van der Waals surface area (Å²) in [5.74, 6) is -14.2. The smallest absolute Gasteiger partial charge is 0.407 e. The summed E-state index contributed by atoms with van der Waals surface area (Å²) in [6, 6.07) is 25.2. The van der Waals surface area contributed by atoms with Crippen molar-refractivity contribution in [1.29, 1.82) is 0 Å². The van der Waals surface area contributed by atoms with Gasteiger partial charge in [0, 0.05) is 55.0 Å². The van der Waals surface area contributed by atoms with Crippen LogP contribution in [0.4, 0.5) is 4.79 Å². The van der Waals surface area contributed by atoms with Crippen molar-refractivity contribution in [3.8, 4) is 0 Å². The first-order valence-corrected chi connectivity index (χ1v) is 35.3. The Morgan fingerprint density at radius 3 is 1.24 bits per heavy atom. The predicted octanol–water partition coefficient (Wildman–Crippen LogP) is 1.13. The fraction of sp³-hybridized carbons (Fsp3) is 0.479. The minimum Gasteiger partial charge on any atom is -0.467 e. The number of hydrogen-bond donors (Lipinski definition) is 4. The molecule has 39 nitrogen and oxygen atoms in total. The highest BCUT2D eigenvalue weighted by Crippen LogP contribution is 2.40. The van der Waals surface area contributed by atoms with Gasteiger partial charge in [-0.2, -0.15) is 8.42 Å². The fourth-order valence-corrected chi connectivity index (χ4v) is 12.3. The van der Waals surface area contributed by atoms with Crippen molar-refractivity contribution >= 4 is 88.0 Å². The first-order chi connectivity index (χ1) is 52.8. The average molecular weight is 1580 g/mol. The van der Waals surface area contributed by atoms with Crippen LogP contribution < -0.4 is 16.0 Å². The first-order valence-electron chi connectivity index (χ1n) is 33.9. The lowest BCUT2D eigenvalue weighted by molar-refractivity contribution is -0.368. The molecule has 4 saturated heterocycles. The highest BCUT2D eigenvalue weighted by atomic mass is 32.3. The van der Waals surface area contributed by atoms with Crippen LogP contribution in [0.3, 0.4) is 0 Å². The minimum atomic E-state index is -5.46. The van der Waals surface area contributed by atoms with E-state index in [0.717, 1.165) is 62.7 Å². The van der Waals surface area contributed by atoms with Crippen LogP contribution in [0.25, 0.3) is 0 Å². The molecule has 8 rings (SSSR count). The Morgan fingerprint density at radius 1 is 0.405 bits per heavy atom. The normalized spacial score (nSPS) is 27.6. The third-order valence-electron chi connectivity index (χ3n) is 16.4. The maximum atomic E-state index is 15.1. The summed E-state index contributed by atoms with van der Waals surface area (Å²) in [6.07, 6.45) is -41.0. The van der Waals surface area contributed by atoms with Crippen molar-refractivity contribution in [2.75, 3.05) is 40.6 Å². The highest BCUT2D eigenvalue weighted by molar-refractivity contribution is 7.80. The number of carbonyl (C=O) groups is 13. The van der Waals surface area contributed by atoms with E-state index in [-0.39, 0.29) is 23.3 Å². The van der Waals surface area contributed by atoms with Gasteiger partial charge < -0.3 is 106 Å². The summed E-state index contributed by atoms with van der Waals surface area (Å²) in [4.78, 5) is 179. The number of esters is 10. The molecule has 4 N–H and O–H groups in total. The van der Waals surface area contributed by atoms with Gasteiger partial charge in [-0.25, -0.2) is 33.0 Å². The van der Waals surface area contributed by atoms with Crippen LogP contribution in [0, 0.1) is 0 Å². The van der Waals surface area contributed by atoms with Gasteiger partial charge in [0.1, 0.15) is 55.8 Å². The summed E-state index contributed by atoms with van der Waals surface area (Å²) in [6.45, 7) is 3.06. The van der Waals surface area contributed by atoms with Crippen LogP contribution in [0.2, 0.25) is 0 Å². The van der Waals surface area contributed by atoms with Gasteiger partial charge in [0.2, 0.25) is 11.8 Å². The number of carbonyl (C=O) groups excluding carboxylic acids is 13. The number of rotatable bonds is 31. The first kappa shape index (κ1) is 85.9. The number of alkyl carbamates (subject to hydrolysis) is 1. The Balaban J connectivity index is 1.33. The molecular formula is C71H81N3O36S. The van der Waals surface area contributed by atoms with Crippen molar-refractivity contribution in [3.05, 3.63) is 144 Å². The zero-order chi connectivity index (χ0) is 80.8. The monoisotopic (exact) mass is 1580 g/mol. The van der Waals surface area contributed by atoms with Crippen LogP contribution in [0.5, 0.6) is 0 Å². The molecular weight excluding hydrogens is 1500 g/mol. The lowest BCUT2D eigenvalue weighted by Gasteiger charge is -2.51. The second kappa shape index (κ2) is 40.3. The van der Waals surface area contributed by atoms with E-state index in [9.17, 15) is 60.9 Å². The Bertz CT molecular complexity index is 4030. The van der Waals surface area contributed by atoms with Crippen molar-refractivity contribution in [2.24, 2.45) is 0 Å². The Labute approximate surface area is 633 Å². The van der Waals surface area contributed by atoms with E-state index in [1.165, 1.54) is 91.0 Å². The number of hydrogen-bond acceptors (Lipinski definition) is 35. The van der Waals surface area contributed by atoms with Crippen LogP contribution in [-0.4, -0.2) is 254 Å². The van der Waals surface area contributed by atoms with Gasteiger partial charge in [0.15, 0.2) is 80.1 Å². The van der Waals surface area contributed by atoms with Crippen molar-refractivity contribution in [3.63, 3.8) is 0 Å². The molecule has 0 aromatic heterocycles. The summed E-state index contributed by atoms with van der Waals surface area (Å²) in [5, 5.41) is 7.56. The molecule has 40 heteroatoms. The molecule has 0 saturated carbocycles. The predicted molar refractivity (Wildman–Crippen MR) is 362 cm³/mol. The molecule has 0 spiro atoms. The molecule has 20 atom stereocenters. The van der Waals surface area contributed by atoms with E-state index < -0.39 is 237 Å². The molecule has 111 heavy (non-hydrogen) atoms. The zero-order valence-electron chi connectivity index (χ0n) is 60.8. The molecule has 4 aromatic rings. The average Bonchev–Trinajstić information content (AvgIpc) is 0.758. The molecule has 4 aliphatic heterocycles. The number of methoxy groups -OCH3 is 2. The third-order valence-corrected chi connectivity index (χ3v) is 16.9. The van der Waals surface area contributed by atoms with E-state index in [4.69, 9.17) is 94.2 Å². The lowest BCUT2D eigenvalue weighted by atomic mass is 9.93. The molecule has 0 bridgehead atoms. The molecule has 4 fully saturated rings. The second-order valence-electron chi connectivity index (χ2n) is 24.6. The molecule has 4 aromatic carbocycles. The van der Waals surface area contributed by atoms with Gasteiger partial charge in [-0.1, -0.05) is 84.9 Å². The van der Waals surface area contributed by atoms with Gasteiger partial charge in [-0.15, -0.1) is 0 Å². The SMILES string of the molecule is COC(=O)[C@H]1O[C@@H](O[C@@H]2[C@@H](NC(C)=O)[C@H](O[C@H]3[C@H](OC(=O)c4ccccc4)[C@@H](OC(=O)c4ccccc4)[C@H](O[C@@H]4[C@@H](NC(C)=O)[C@H](OCCNC(=O)OCc5ccccc5)O[C@H](COS(=O)(=O)O)[C@@H]4OC(=O)c4ccccc4)O[C@@H]3C(=O)OC)O[C@H](COC(C)=O)[C@@H]2OC(C)=O)[C@H](OC(C)=O)[C@@H](OC(C)=O)[C@@H]1OC(C)=O. The molecule has 0 unspecified atom stereocenters. The third kappa shape index (κ3) is 24.4. The van der Waals surface area contributed by atoms with Gasteiger partial charge >= 0.3 is 76.2 Å². The maximum absolute atomic E-state index is 15.1. The fourth-order valence-electron chi connectivity index (χ4n) is 12.0. The molecule has 0 aliphatic carbocycles. The zero-order valence-corrected chi connectivity index (χ0v) is 61.6. The summed E-state index contributed by atoms with van der Waals surface area (Å²) < 4.78 is 154. The minimum absolute atomic E-state index is 0.165. The van der Waals surface area contributed by atoms with Gasteiger partial charge in [0.05, 0.1) is 44.1 Å². The standard InChI is InChI=1S/C71H81N3O36S/c1-35(75)73-48-52(51(103-62(82)43-24-16-11-17-25-43)47(34-96-111(88,89)90)101-67(48)93-31-30-72-71(87)95-32-42-22-14-10-15-23-42)106-70-61(105-64(84)45-28-20-13-21-29-45)57(104-63(83)44-26-18-12-19-27-44)55(59(110-70)66(86)92-9)108-68-49(74-36(2)76)53(50(97-38(4)78)46(102-68)33-94-37(3)77)107-69-60(100-41(7)81)56(99-40(6)80)54(98-39(5)79)58(109-69)65(85)91-8/h10-29,46-61,67-70H,30-34H2,1-9H3,(H,72,87)(H,73,75)(H,74,76)(H,88,89,90)/t46-,47-,48-,49-,50+,51+,52-,53-,54+,55+,56+,57+,58+,59+,60-,61-,67-,68+,69-,70-/m1/s1. The number of amides is 3. The Kier molecular flexibility index (Phi) is 31.2. The van der Waals surface area contributed by atoms with Crippen molar-refractivity contribution < 1.29 is 169 Å². The van der Waals surface area contributed by atoms with Crippen LogP contribution in [0.15, 0.2) is 121 Å². The number of benzene rings is 4. The van der Waals surface area contributed by atoms with Crippen molar-refractivity contribution in [1.82, 2.24) is 16.0 Å². The lowest BCUT2D eigenvalue weighted by Crippen LogP contribution is -2.72. The van der Waals surface area contributed by atoms with Crippen molar-refractivity contribution in [2.45, 2.75) is 178 Å². The van der Waals surface area contributed by atoms with Crippen LogP contribution in [0.1, 0.15) is 85.1 Å². The molecule has 3 amide bonds. The molecule has 4 aliphatic rings. The van der Waals surface area contributed by atoms with Gasteiger partial charge in [0.25, 0.3) is 0 Å². The van der Waals surface area contributed by atoms with E-state index in [2.05, 4.69) is 16.0 Å². The van der Waals surface area contributed by atoms with E-state index in [1.807, 2.05) is 0 Å². The van der Waals surface area contributed by atoms with Crippen LogP contribution in [-0.2, 0) is 154 Å². The topological polar surface area (TPSA) is 497 Å². The number of ether oxygens (including phenoxy) is 19. The second-order valence-corrected chi connectivity index (χ2v) is 25.7. The summed E-state index contributed by atoms with van der Waals surface area (Å²) in [7, 11) is -3.75. The van der Waals surface area contributed by atoms with E-state index >= 15 is 14.4 Å².